The predicted octanol–water partition coefficient (Wildman–Crippen LogP) is 2.63. The van der Waals surface area contributed by atoms with Crippen LogP contribution >= 0.6 is 15.9 Å². The standard InChI is InChI=1S/C14H17BrN2O3S/c1-2-16-9-11-5-6-14(13(15)8-11)21(18,19)17-10-12-4-3-7-20-12/h3-8,16-17H,2,9-10H2,1H3. The van der Waals surface area contributed by atoms with Gasteiger partial charge in [0.05, 0.1) is 17.7 Å². The van der Waals surface area contributed by atoms with Gasteiger partial charge in [0.1, 0.15) is 5.76 Å². The van der Waals surface area contributed by atoms with E-state index in [2.05, 4.69) is 26.0 Å². The van der Waals surface area contributed by atoms with Gasteiger partial charge in [-0.25, -0.2) is 13.1 Å². The molecule has 0 atom stereocenters. The van der Waals surface area contributed by atoms with Gasteiger partial charge in [0.25, 0.3) is 0 Å². The summed E-state index contributed by atoms with van der Waals surface area (Å²) in [5.74, 6) is 0.568. The maximum absolute atomic E-state index is 12.3. The minimum Gasteiger partial charge on any atom is -0.468 e. The second kappa shape index (κ2) is 7.22. The second-order valence-corrected chi connectivity index (χ2v) is 7.04. The van der Waals surface area contributed by atoms with Crippen LogP contribution in [0.15, 0.2) is 50.4 Å². The molecular formula is C14H17BrN2O3S. The van der Waals surface area contributed by atoms with Gasteiger partial charge in [-0.3, -0.25) is 0 Å². The SMILES string of the molecule is CCNCc1ccc(S(=O)(=O)NCc2ccco2)c(Br)c1. The van der Waals surface area contributed by atoms with Crippen molar-refractivity contribution in [3.63, 3.8) is 0 Å². The highest BCUT2D eigenvalue weighted by atomic mass is 79.9. The second-order valence-electron chi connectivity index (χ2n) is 4.45. The Bertz CT molecular complexity index is 684. The summed E-state index contributed by atoms with van der Waals surface area (Å²) in [6, 6.07) is 8.65. The van der Waals surface area contributed by atoms with Crippen LogP contribution in [0.2, 0.25) is 0 Å². The minimum atomic E-state index is -3.58. The molecule has 0 aliphatic carbocycles. The zero-order valence-electron chi connectivity index (χ0n) is 11.6. The topological polar surface area (TPSA) is 71.3 Å². The molecule has 1 aromatic heterocycles. The molecule has 0 unspecified atom stereocenters. The maximum atomic E-state index is 12.3. The van der Waals surface area contributed by atoms with Crippen LogP contribution in [0.1, 0.15) is 18.2 Å². The van der Waals surface area contributed by atoms with E-state index in [1.54, 1.807) is 24.3 Å². The van der Waals surface area contributed by atoms with Crippen LogP contribution in [0, 0.1) is 0 Å². The molecule has 7 heteroatoms. The fourth-order valence-corrected chi connectivity index (χ4v) is 3.91. The van der Waals surface area contributed by atoms with Gasteiger partial charge in [-0.15, -0.1) is 0 Å². The van der Waals surface area contributed by atoms with Crippen LogP contribution in [0.25, 0.3) is 0 Å². The van der Waals surface area contributed by atoms with Crippen molar-refractivity contribution < 1.29 is 12.8 Å². The van der Waals surface area contributed by atoms with Gasteiger partial charge >= 0.3 is 0 Å². The third kappa shape index (κ3) is 4.41. The predicted molar refractivity (Wildman–Crippen MR) is 84.3 cm³/mol. The van der Waals surface area contributed by atoms with Crippen LogP contribution in [0.4, 0.5) is 0 Å². The van der Waals surface area contributed by atoms with E-state index in [9.17, 15) is 8.42 Å². The largest absolute Gasteiger partial charge is 0.468 e. The Hall–Kier alpha value is -1.15. The first-order valence-electron chi connectivity index (χ1n) is 6.54. The lowest BCUT2D eigenvalue weighted by molar-refractivity contribution is 0.498. The average molecular weight is 373 g/mol. The Morgan fingerprint density at radius 1 is 1.24 bits per heavy atom. The molecule has 2 N–H and O–H groups in total. The number of furan rings is 1. The van der Waals surface area contributed by atoms with Gasteiger partial charge in [0.2, 0.25) is 10.0 Å². The van der Waals surface area contributed by atoms with Crippen molar-refractivity contribution in [3.05, 3.63) is 52.4 Å². The number of halogens is 1. The van der Waals surface area contributed by atoms with Crippen LogP contribution in [0.3, 0.4) is 0 Å². The first kappa shape index (κ1) is 16.2. The van der Waals surface area contributed by atoms with Crippen molar-refractivity contribution >= 4 is 26.0 Å². The number of benzene rings is 1. The lowest BCUT2D eigenvalue weighted by Crippen LogP contribution is -2.23. The smallest absolute Gasteiger partial charge is 0.242 e. The molecule has 0 saturated heterocycles. The van der Waals surface area contributed by atoms with Gasteiger partial charge < -0.3 is 9.73 Å². The summed E-state index contributed by atoms with van der Waals surface area (Å²) >= 11 is 3.32. The molecule has 0 fully saturated rings. The van der Waals surface area contributed by atoms with Crippen molar-refractivity contribution in [2.45, 2.75) is 24.9 Å². The fraction of sp³-hybridized carbons (Fsp3) is 0.286. The number of sulfonamides is 1. The number of rotatable bonds is 7. The monoisotopic (exact) mass is 372 g/mol. The maximum Gasteiger partial charge on any atom is 0.242 e. The van der Waals surface area contributed by atoms with E-state index < -0.39 is 10.0 Å². The zero-order chi connectivity index (χ0) is 15.3. The lowest BCUT2D eigenvalue weighted by Gasteiger charge is -2.09. The molecular weight excluding hydrogens is 356 g/mol. The Morgan fingerprint density at radius 2 is 2.05 bits per heavy atom. The highest BCUT2D eigenvalue weighted by Crippen LogP contribution is 2.23. The molecule has 0 aliphatic heterocycles. The normalized spacial score (nSPS) is 11.7. The highest BCUT2D eigenvalue weighted by molar-refractivity contribution is 9.10. The minimum absolute atomic E-state index is 0.126. The molecule has 0 bridgehead atoms. The van der Waals surface area contributed by atoms with Gasteiger partial charge in [-0.1, -0.05) is 13.0 Å². The molecule has 21 heavy (non-hydrogen) atoms. The van der Waals surface area contributed by atoms with Crippen LogP contribution in [-0.2, 0) is 23.1 Å². The van der Waals surface area contributed by atoms with Crippen LogP contribution in [-0.4, -0.2) is 15.0 Å². The summed E-state index contributed by atoms with van der Waals surface area (Å²) in [6.45, 7) is 3.71. The molecule has 2 rings (SSSR count). The Kier molecular flexibility index (Phi) is 5.58. The summed E-state index contributed by atoms with van der Waals surface area (Å²) in [6.07, 6.45) is 1.51. The van der Waals surface area contributed by atoms with Gasteiger partial charge in [0.15, 0.2) is 0 Å². The van der Waals surface area contributed by atoms with Crippen molar-refractivity contribution in [1.82, 2.24) is 10.0 Å². The fourth-order valence-electron chi connectivity index (χ4n) is 1.80. The molecule has 5 nitrogen and oxygen atoms in total. The summed E-state index contributed by atoms with van der Waals surface area (Å²) in [5, 5.41) is 3.20. The molecule has 0 saturated carbocycles. The van der Waals surface area contributed by atoms with E-state index in [0.29, 0.717) is 16.8 Å². The Labute approximate surface area is 132 Å². The Balaban J connectivity index is 2.12. The van der Waals surface area contributed by atoms with E-state index in [4.69, 9.17) is 4.42 Å². The molecule has 114 valence electrons. The molecule has 0 spiro atoms. The molecule has 2 aromatic rings. The molecule has 1 aromatic carbocycles. The number of hydrogen-bond acceptors (Lipinski definition) is 4. The van der Waals surface area contributed by atoms with E-state index >= 15 is 0 Å². The Morgan fingerprint density at radius 3 is 2.67 bits per heavy atom. The van der Waals surface area contributed by atoms with Crippen LogP contribution < -0.4 is 10.0 Å². The van der Waals surface area contributed by atoms with Crippen molar-refractivity contribution in [3.8, 4) is 0 Å². The first-order valence-corrected chi connectivity index (χ1v) is 8.81. The number of nitrogens with one attached hydrogen (secondary N) is 2. The zero-order valence-corrected chi connectivity index (χ0v) is 14.0. The van der Waals surface area contributed by atoms with E-state index in [0.717, 1.165) is 12.1 Å². The molecule has 1 heterocycles. The van der Waals surface area contributed by atoms with E-state index in [1.807, 2.05) is 13.0 Å². The first-order chi connectivity index (χ1) is 10.0. The number of hydrogen-bond donors (Lipinski definition) is 2. The van der Waals surface area contributed by atoms with Gasteiger partial charge in [-0.2, -0.15) is 0 Å². The van der Waals surface area contributed by atoms with Gasteiger partial charge in [0, 0.05) is 11.0 Å². The van der Waals surface area contributed by atoms with Crippen LogP contribution in [0.5, 0.6) is 0 Å². The third-order valence-corrected chi connectivity index (χ3v) is 5.26. The van der Waals surface area contributed by atoms with E-state index in [1.165, 1.54) is 6.26 Å². The van der Waals surface area contributed by atoms with E-state index in [-0.39, 0.29) is 11.4 Å². The third-order valence-electron chi connectivity index (χ3n) is 2.88. The average Bonchev–Trinajstić information content (AvgIpc) is 2.96. The van der Waals surface area contributed by atoms with Gasteiger partial charge in [-0.05, 0) is 52.3 Å². The summed E-state index contributed by atoms with van der Waals surface area (Å²) in [7, 11) is -3.58. The molecule has 0 radical (unpaired) electrons. The quantitative estimate of drug-likeness (QED) is 0.783. The molecule has 0 amide bonds. The van der Waals surface area contributed by atoms with Crippen molar-refractivity contribution in [2.24, 2.45) is 0 Å². The van der Waals surface area contributed by atoms with Crippen molar-refractivity contribution in [1.29, 1.82) is 0 Å². The summed E-state index contributed by atoms with van der Waals surface area (Å²) in [5.41, 5.74) is 1.02. The highest BCUT2D eigenvalue weighted by Gasteiger charge is 2.18. The van der Waals surface area contributed by atoms with Crippen molar-refractivity contribution in [2.75, 3.05) is 6.54 Å². The molecule has 0 aliphatic rings. The lowest BCUT2D eigenvalue weighted by atomic mass is 10.2. The summed E-state index contributed by atoms with van der Waals surface area (Å²) in [4.78, 5) is 0.217. The summed E-state index contributed by atoms with van der Waals surface area (Å²) < 4.78 is 32.7.